The maximum absolute atomic E-state index is 11.5. The molecule has 2 unspecified atom stereocenters. The summed E-state index contributed by atoms with van der Waals surface area (Å²) >= 11 is 0. The van der Waals surface area contributed by atoms with Crippen LogP contribution in [0.4, 0.5) is 0 Å². The molecule has 1 aliphatic heterocycles. The number of carboxylic acids is 1. The first-order valence-electron chi connectivity index (χ1n) is 12.0. The van der Waals surface area contributed by atoms with Gasteiger partial charge in [-0.25, -0.2) is 4.79 Å². The molecule has 0 radical (unpaired) electrons. The van der Waals surface area contributed by atoms with E-state index >= 15 is 0 Å². The predicted octanol–water partition coefficient (Wildman–Crippen LogP) is 5.09. The summed E-state index contributed by atoms with van der Waals surface area (Å²) in [6, 6.07) is 0. The highest BCUT2D eigenvalue weighted by atomic mass is 16.7. The fourth-order valence-electron chi connectivity index (χ4n) is 4.59. The Balaban J connectivity index is 1.75. The average molecular weight is 433 g/mol. The normalized spacial score (nSPS) is 27.4. The van der Waals surface area contributed by atoms with Crippen LogP contribution in [0.15, 0.2) is 24.3 Å². The lowest BCUT2D eigenvalue weighted by Crippen LogP contribution is -2.32. The van der Waals surface area contributed by atoms with Crippen molar-refractivity contribution in [1.82, 2.24) is 0 Å². The van der Waals surface area contributed by atoms with Crippen molar-refractivity contribution >= 4 is 5.97 Å². The first-order chi connectivity index (χ1) is 15.2. The molecule has 0 aromatic heterocycles. The molecule has 31 heavy (non-hydrogen) atoms. The lowest BCUT2D eigenvalue weighted by atomic mass is 9.86. The van der Waals surface area contributed by atoms with Crippen LogP contribution in [0.3, 0.4) is 0 Å². The summed E-state index contributed by atoms with van der Waals surface area (Å²) in [5, 5.41) is 19.2. The van der Waals surface area contributed by atoms with Gasteiger partial charge in [0.2, 0.25) is 0 Å². The summed E-state index contributed by atoms with van der Waals surface area (Å²) in [7, 11) is 0. The number of aliphatic hydroxyl groups excluding tert-OH is 1. The SMILES string of the molecule is CC#CCCCC=C[C@H]1CC[C@H](CO)[C@@H]1CC=CCCC(OC1CCCCO1)C(=O)O. The largest absolute Gasteiger partial charge is 0.479 e. The van der Waals surface area contributed by atoms with Crippen LogP contribution in [-0.4, -0.2) is 41.8 Å². The zero-order valence-electron chi connectivity index (χ0n) is 19.0. The highest BCUT2D eigenvalue weighted by molar-refractivity contribution is 5.72. The van der Waals surface area contributed by atoms with Crippen molar-refractivity contribution in [3.63, 3.8) is 0 Å². The molecule has 0 aromatic carbocycles. The van der Waals surface area contributed by atoms with Crippen molar-refractivity contribution in [1.29, 1.82) is 0 Å². The molecule has 0 amide bonds. The fraction of sp³-hybridized carbons (Fsp3) is 0.731. The minimum atomic E-state index is -0.922. The van der Waals surface area contributed by atoms with Crippen LogP contribution in [0.5, 0.6) is 0 Å². The molecule has 0 aromatic rings. The molecule has 174 valence electrons. The molecule has 0 bridgehead atoms. The minimum Gasteiger partial charge on any atom is -0.479 e. The van der Waals surface area contributed by atoms with Gasteiger partial charge < -0.3 is 19.7 Å². The molecule has 2 N–H and O–H groups in total. The van der Waals surface area contributed by atoms with E-state index in [9.17, 15) is 15.0 Å². The highest BCUT2D eigenvalue weighted by Gasteiger charge is 2.33. The first kappa shape index (κ1) is 25.6. The standard InChI is InChI=1S/C26H40O5/c1-2-3-4-5-6-8-13-21-17-18-22(20-27)23(21)14-9-7-10-15-24(26(28)29)31-25-16-11-12-19-30-25/h7-9,13,21-25,27H,4-6,10-12,14-20H2,1H3,(H,28,29)/t21-,22+,23+,24?,25?/m0/s1. The fourth-order valence-corrected chi connectivity index (χ4v) is 4.59. The second-order valence-electron chi connectivity index (χ2n) is 8.64. The average Bonchev–Trinajstić information content (AvgIpc) is 3.17. The second kappa shape index (κ2) is 15.2. The topological polar surface area (TPSA) is 76.0 Å². The lowest BCUT2D eigenvalue weighted by Gasteiger charge is -2.25. The number of hydrogen-bond donors (Lipinski definition) is 2. The van der Waals surface area contributed by atoms with Crippen LogP contribution < -0.4 is 0 Å². The van der Waals surface area contributed by atoms with Crippen molar-refractivity contribution in [3.05, 3.63) is 24.3 Å². The van der Waals surface area contributed by atoms with Crippen LogP contribution in [0.2, 0.25) is 0 Å². The quantitative estimate of drug-likeness (QED) is 0.241. The van der Waals surface area contributed by atoms with E-state index in [-0.39, 0.29) is 12.9 Å². The van der Waals surface area contributed by atoms with Gasteiger partial charge in [0.1, 0.15) is 0 Å². The molecule has 5 nitrogen and oxygen atoms in total. The summed E-state index contributed by atoms with van der Waals surface area (Å²) < 4.78 is 11.2. The van der Waals surface area contributed by atoms with Gasteiger partial charge in [0, 0.05) is 19.6 Å². The third-order valence-electron chi connectivity index (χ3n) is 6.39. The Kier molecular flexibility index (Phi) is 12.6. The number of rotatable bonds is 13. The maximum atomic E-state index is 11.5. The van der Waals surface area contributed by atoms with E-state index in [1.807, 2.05) is 6.92 Å². The Morgan fingerprint density at radius 3 is 2.77 bits per heavy atom. The summed E-state index contributed by atoms with van der Waals surface area (Å²) in [6.07, 6.45) is 17.8. The van der Waals surface area contributed by atoms with Gasteiger partial charge in [-0.3, -0.25) is 0 Å². The van der Waals surface area contributed by atoms with E-state index in [1.54, 1.807) is 0 Å². The molecular weight excluding hydrogens is 392 g/mol. The van der Waals surface area contributed by atoms with Crippen molar-refractivity contribution in [2.24, 2.45) is 17.8 Å². The summed E-state index contributed by atoms with van der Waals surface area (Å²) in [4.78, 5) is 11.5. The first-order valence-corrected chi connectivity index (χ1v) is 12.0. The van der Waals surface area contributed by atoms with Crippen LogP contribution in [0, 0.1) is 29.6 Å². The number of carboxylic acid groups (broad SMARTS) is 1. The molecule has 1 saturated heterocycles. The molecular formula is C26H40O5. The number of ether oxygens (including phenoxy) is 2. The lowest BCUT2D eigenvalue weighted by molar-refractivity contribution is -0.201. The number of allylic oxidation sites excluding steroid dienone is 4. The van der Waals surface area contributed by atoms with Crippen molar-refractivity contribution in [3.8, 4) is 11.8 Å². The van der Waals surface area contributed by atoms with Gasteiger partial charge in [0.05, 0.1) is 0 Å². The molecule has 5 heteroatoms. The van der Waals surface area contributed by atoms with Crippen LogP contribution in [0.1, 0.15) is 77.6 Å². The number of aliphatic hydroxyl groups is 1. The van der Waals surface area contributed by atoms with Crippen molar-refractivity contribution < 1.29 is 24.5 Å². The third-order valence-corrected chi connectivity index (χ3v) is 6.39. The van der Waals surface area contributed by atoms with E-state index in [4.69, 9.17) is 9.47 Å². The van der Waals surface area contributed by atoms with Crippen molar-refractivity contribution in [2.75, 3.05) is 13.2 Å². The Bertz CT molecular complexity index is 623. The predicted molar refractivity (Wildman–Crippen MR) is 122 cm³/mol. The third kappa shape index (κ3) is 9.60. The Morgan fingerprint density at radius 2 is 2.06 bits per heavy atom. The molecule has 1 heterocycles. The molecule has 5 atom stereocenters. The highest BCUT2D eigenvalue weighted by Crippen LogP contribution is 2.40. The van der Waals surface area contributed by atoms with Crippen LogP contribution >= 0.6 is 0 Å². The maximum Gasteiger partial charge on any atom is 0.332 e. The number of carbonyl (C=O) groups is 1. The van der Waals surface area contributed by atoms with Gasteiger partial charge in [-0.2, -0.15) is 0 Å². The Labute approximate surface area is 187 Å². The zero-order valence-corrected chi connectivity index (χ0v) is 19.0. The Hall–Kier alpha value is -1.61. The number of hydrogen-bond acceptors (Lipinski definition) is 4. The van der Waals surface area contributed by atoms with Crippen LogP contribution in [0.25, 0.3) is 0 Å². The second-order valence-corrected chi connectivity index (χ2v) is 8.64. The molecule has 1 aliphatic carbocycles. The number of aliphatic carboxylic acids is 1. The minimum absolute atomic E-state index is 0.241. The zero-order chi connectivity index (χ0) is 22.3. The van der Waals surface area contributed by atoms with E-state index in [1.165, 1.54) is 0 Å². The van der Waals surface area contributed by atoms with Crippen molar-refractivity contribution in [2.45, 2.75) is 89.9 Å². The van der Waals surface area contributed by atoms with Crippen LogP contribution in [-0.2, 0) is 14.3 Å². The van der Waals surface area contributed by atoms with E-state index < -0.39 is 12.1 Å². The van der Waals surface area contributed by atoms with Gasteiger partial charge in [-0.1, -0.05) is 24.3 Å². The molecule has 1 saturated carbocycles. The molecule has 0 spiro atoms. The van der Waals surface area contributed by atoms with Gasteiger partial charge in [0.15, 0.2) is 12.4 Å². The summed E-state index contributed by atoms with van der Waals surface area (Å²) in [6.45, 7) is 2.76. The monoisotopic (exact) mass is 432 g/mol. The summed E-state index contributed by atoms with van der Waals surface area (Å²) in [5.74, 6) is 6.43. The Morgan fingerprint density at radius 1 is 1.19 bits per heavy atom. The van der Waals surface area contributed by atoms with Gasteiger partial charge >= 0.3 is 5.97 Å². The van der Waals surface area contributed by atoms with Gasteiger partial charge in [-0.05, 0) is 88.9 Å². The van der Waals surface area contributed by atoms with E-state index in [0.717, 1.165) is 57.8 Å². The van der Waals surface area contributed by atoms with Gasteiger partial charge in [0.25, 0.3) is 0 Å². The van der Waals surface area contributed by atoms with Gasteiger partial charge in [-0.15, -0.1) is 11.8 Å². The number of unbranched alkanes of at least 4 members (excludes halogenated alkanes) is 2. The van der Waals surface area contributed by atoms with E-state index in [2.05, 4.69) is 36.1 Å². The molecule has 2 fully saturated rings. The molecule has 2 aliphatic rings. The summed E-state index contributed by atoms with van der Waals surface area (Å²) in [5.41, 5.74) is 0. The molecule has 2 rings (SSSR count). The smallest absolute Gasteiger partial charge is 0.332 e. The van der Waals surface area contributed by atoms with E-state index in [0.29, 0.717) is 37.2 Å².